The van der Waals surface area contributed by atoms with Crippen molar-refractivity contribution < 1.29 is 8.91 Å². The van der Waals surface area contributed by atoms with Crippen molar-refractivity contribution in [1.29, 1.82) is 0 Å². The van der Waals surface area contributed by atoms with Crippen LogP contribution >= 0.6 is 11.6 Å². The zero-order valence-corrected chi connectivity index (χ0v) is 10.0. The first-order chi connectivity index (χ1) is 8.11. The van der Waals surface area contributed by atoms with Gasteiger partial charge in [-0.25, -0.2) is 4.39 Å². The Morgan fingerprint density at radius 1 is 1.47 bits per heavy atom. The lowest BCUT2D eigenvalue weighted by Crippen LogP contribution is -2.06. The fraction of sp³-hybridized carbons (Fsp3) is 0.250. The molecule has 0 spiro atoms. The molecule has 2 N–H and O–H groups in total. The van der Waals surface area contributed by atoms with E-state index < -0.39 is 5.82 Å². The second kappa shape index (κ2) is 4.85. The molecule has 0 fully saturated rings. The van der Waals surface area contributed by atoms with Crippen molar-refractivity contribution in [2.75, 3.05) is 0 Å². The average Bonchev–Trinajstić information content (AvgIpc) is 2.77. The maximum atomic E-state index is 13.6. The maximum absolute atomic E-state index is 13.6. The Morgan fingerprint density at radius 2 is 2.24 bits per heavy atom. The standard InChI is InChI=1S/C12H12ClFN2O/c1-2-10(15)12-6-11(16-17-12)8-4-3-7(13)5-9(8)14/h3-6,10H,2,15H2,1H3. The van der Waals surface area contributed by atoms with Gasteiger partial charge in [-0.05, 0) is 24.6 Å². The third-order valence-electron chi connectivity index (χ3n) is 2.54. The fourth-order valence-corrected chi connectivity index (χ4v) is 1.65. The summed E-state index contributed by atoms with van der Waals surface area (Å²) in [6, 6.07) is 5.85. The molecular weight excluding hydrogens is 243 g/mol. The van der Waals surface area contributed by atoms with Crippen LogP contribution in [-0.2, 0) is 0 Å². The summed E-state index contributed by atoms with van der Waals surface area (Å²) < 4.78 is 18.7. The van der Waals surface area contributed by atoms with Gasteiger partial charge >= 0.3 is 0 Å². The molecule has 0 aliphatic heterocycles. The molecule has 0 aliphatic rings. The Labute approximate surface area is 103 Å². The topological polar surface area (TPSA) is 52.0 Å². The van der Waals surface area contributed by atoms with Gasteiger partial charge in [-0.3, -0.25) is 0 Å². The predicted molar refractivity (Wildman–Crippen MR) is 64.1 cm³/mol. The monoisotopic (exact) mass is 254 g/mol. The number of hydrogen-bond acceptors (Lipinski definition) is 3. The van der Waals surface area contributed by atoms with E-state index in [1.807, 2.05) is 6.92 Å². The van der Waals surface area contributed by atoms with E-state index in [2.05, 4.69) is 5.16 Å². The van der Waals surface area contributed by atoms with E-state index >= 15 is 0 Å². The fourth-order valence-electron chi connectivity index (χ4n) is 1.49. The van der Waals surface area contributed by atoms with Crippen molar-refractivity contribution in [3.63, 3.8) is 0 Å². The van der Waals surface area contributed by atoms with Crippen LogP contribution in [0.3, 0.4) is 0 Å². The van der Waals surface area contributed by atoms with E-state index in [0.29, 0.717) is 22.0 Å². The third kappa shape index (κ3) is 2.48. The maximum Gasteiger partial charge on any atom is 0.154 e. The molecule has 0 radical (unpaired) electrons. The molecular formula is C12H12ClFN2O. The highest BCUT2D eigenvalue weighted by atomic mass is 35.5. The van der Waals surface area contributed by atoms with Crippen LogP contribution in [0.25, 0.3) is 11.3 Å². The summed E-state index contributed by atoms with van der Waals surface area (Å²) >= 11 is 5.68. The smallest absolute Gasteiger partial charge is 0.154 e. The first-order valence-corrected chi connectivity index (χ1v) is 5.67. The highest BCUT2D eigenvalue weighted by Crippen LogP contribution is 2.26. The summed E-state index contributed by atoms with van der Waals surface area (Å²) in [4.78, 5) is 0. The van der Waals surface area contributed by atoms with Crippen molar-refractivity contribution in [1.82, 2.24) is 5.16 Å². The molecule has 90 valence electrons. The minimum absolute atomic E-state index is 0.216. The minimum atomic E-state index is -0.428. The largest absolute Gasteiger partial charge is 0.359 e. The van der Waals surface area contributed by atoms with Crippen LogP contribution in [0.4, 0.5) is 4.39 Å². The van der Waals surface area contributed by atoms with Gasteiger partial charge in [0.25, 0.3) is 0 Å². The lowest BCUT2D eigenvalue weighted by atomic mass is 10.1. The number of nitrogens with zero attached hydrogens (tertiary/aromatic N) is 1. The molecule has 0 saturated heterocycles. The molecule has 0 aliphatic carbocycles. The number of halogens is 2. The molecule has 1 atom stereocenters. The predicted octanol–water partition coefficient (Wildman–Crippen LogP) is 3.54. The lowest BCUT2D eigenvalue weighted by molar-refractivity contribution is 0.360. The number of hydrogen-bond donors (Lipinski definition) is 1. The summed E-state index contributed by atoms with van der Waals surface area (Å²) in [5.41, 5.74) is 6.58. The highest BCUT2D eigenvalue weighted by Gasteiger charge is 2.14. The lowest BCUT2D eigenvalue weighted by Gasteiger charge is -2.01. The van der Waals surface area contributed by atoms with Crippen molar-refractivity contribution in [2.45, 2.75) is 19.4 Å². The van der Waals surface area contributed by atoms with E-state index in [4.69, 9.17) is 21.9 Å². The molecule has 1 heterocycles. The molecule has 1 aromatic carbocycles. The third-order valence-corrected chi connectivity index (χ3v) is 2.78. The second-order valence-corrected chi connectivity index (χ2v) is 4.19. The van der Waals surface area contributed by atoms with Crippen LogP contribution < -0.4 is 5.73 Å². The van der Waals surface area contributed by atoms with Crippen molar-refractivity contribution in [3.05, 3.63) is 40.9 Å². The number of aromatic nitrogens is 1. The first-order valence-electron chi connectivity index (χ1n) is 5.29. The van der Waals surface area contributed by atoms with Gasteiger partial charge in [0.15, 0.2) is 5.76 Å². The van der Waals surface area contributed by atoms with Crippen LogP contribution in [0, 0.1) is 5.82 Å². The summed E-state index contributed by atoms with van der Waals surface area (Å²) in [5.74, 6) is 0.124. The van der Waals surface area contributed by atoms with Gasteiger partial charge in [0.1, 0.15) is 11.5 Å². The zero-order valence-electron chi connectivity index (χ0n) is 9.28. The van der Waals surface area contributed by atoms with E-state index in [9.17, 15) is 4.39 Å². The van der Waals surface area contributed by atoms with Gasteiger partial charge in [-0.2, -0.15) is 0 Å². The Hall–Kier alpha value is -1.39. The van der Waals surface area contributed by atoms with E-state index in [0.717, 1.165) is 6.42 Å². The molecule has 1 aromatic heterocycles. The van der Waals surface area contributed by atoms with Gasteiger partial charge in [-0.1, -0.05) is 23.7 Å². The minimum Gasteiger partial charge on any atom is -0.359 e. The Balaban J connectivity index is 2.37. The van der Waals surface area contributed by atoms with Gasteiger partial charge in [0.2, 0.25) is 0 Å². The van der Waals surface area contributed by atoms with Gasteiger partial charge in [0, 0.05) is 16.7 Å². The SMILES string of the molecule is CCC(N)c1cc(-c2ccc(Cl)cc2F)no1. The Kier molecular flexibility index (Phi) is 3.45. The molecule has 5 heteroatoms. The molecule has 1 unspecified atom stereocenters. The van der Waals surface area contributed by atoms with Crippen LogP contribution in [-0.4, -0.2) is 5.16 Å². The average molecular weight is 255 g/mol. The molecule has 2 aromatic rings. The van der Waals surface area contributed by atoms with Gasteiger partial charge in [0.05, 0.1) is 6.04 Å². The van der Waals surface area contributed by atoms with Crippen molar-refractivity contribution in [3.8, 4) is 11.3 Å². The van der Waals surface area contributed by atoms with E-state index in [1.165, 1.54) is 6.07 Å². The van der Waals surface area contributed by atoms with Gasteiger partial charge < -0.3 is 10.3 Å². The van der Waals surface area contributed by atoms with Crippen molar-refractivity contribution in [2.24, 2.45) is 5.73 Å². The van der Waals surface area contributed by atoms with Crippen LogP contribution in [0.15, 0.2) is 28.8 Å². The number of nitrogens with two attached hydrogens (primary N) is 1. The summed E-state index contributed by atoms with van der Waals surface area (Å²) in [5, 5.41) is 4.16. The Morgan fingerprint density at radius 3 is 2.88 bits per heavy atom. The molecule has 0 bridgehead atoms. The Bertz CT molecular complexity index is 527. The summed E-state index contributed by atoms with van der Waals surface area (Å²) in [7, 11) is 0. The number of rotatable bonds is 3. The number of benzene rings is 1. The molecule has 0 amide bonds. The van der Waals surface area contributed by atoms with Crippen LogP contribution in [0.2, 0.25) is 5.02 Å². The normalized spacial score (nSPS) is 12.7. The van der Waals surface area contributed by atoms with Crippen LogP contribution in [0.5, 0.6) is 0 Å². The molecule has 17 heavy (non-hydrogen) atoms. The molecule has 2 rings (SSSR count). The van der Waals surface area contributed by atoms with E-state index in [-0.39, 0.29) is 6.04 Å². The molecule has 0 saturated carbocycles. The van der Waals surface area contributed by atoms with Crippen molar-refractivity contribution >= 4 is 11.6 Å². The van der Waals surface area contributed by atoms with Crippen LogP contribution in [0.1, 0.15) is 25.1 Å². The summed E-state index contributed by atoms with van der Waals surface area (Å²) in [6.07, 6.45) is 0.734. The second-order valence-electron chi connectivity index (χ2n) is 3.75. The quantitative estimate of drug-likeness (QED) is 0.911. The molecule has 3 nitrogen and oxygen atoms in total. The zero-order chi connectivity index (χ0) is 12.4. The first kappa shape index (κ1) is 12.1. The highest BCUT2D eigenvalue weighted by molar-refractivity contribution is 6.30. The van der Waals surface area contributed by atoms with Gasteiger partial charge in [-0.15, -0.1) is 0 Å². The summed E-state index contributed by atoms with van der Waals surface area (Å²) in [6.45, 7) is 1.94. The van der Waals surface area contributed by atoms with E-state index in [1.54, 1.807) is 18.2 Å².